The van der Waals surface area contributed by atoms with Crippen molar-refractivity contribution in [1.29, 1.82) is 0 Å². The molecule has 114 valence electrons. The van der Waals surface area contributed by atoms with Crippen molar-refractivity contribution in [2.45, 2.75) is 27.7 Å². The molecule has 0 bridgehead atoms. The standard InChI is InChI=1S/C18H20N2O2/c1-11-6-8-15(14(4)9-11)17(21)19-20-18(22)16-10-12(2)5-7-13(16)3/h5-10H,1-4H3,(H,19,21)(H,20,22). The largest absolute Gasteiger partial charge is 0.269 e. The van der Waals surface area contributed by atoms with Gasteiger partial charge in [0.25, 0.3) is 11.8 Å². The number of hydrazine groups is 1. The molecule has 2 aromatic rings. The maximum absolute atomic E-state index is 12.2. The number of benzene rings is 2. The molecule has 0 aliphatic carbocycles. The minimum Gasteiger partial charge on any atom is -0.267 e. The van der Waals surface area contributed by atoms with Gasteiger partial charge >= 0.3 is 0 Å². The molecule has 0 radical (unpaired) electrons. The van der Waals surface area contributed by atoms with E-state index in [2.05, 4.69) is 10.9 Å². The van der Waals surface area contributed by atoms with E-state index >= 15 is 0 Å². The van der Waals surface area contributed by atoms with Crippen LogP contribution in [-0.2, 0) is 0 Å². The van der Waals surface area contributed by atoms with Gasteiger partial charge in [-0.2, -0.15) is 0 Å². The Kier molecular flexibility index (Phi) is 4.61. The Morgan fingerprint density at radius 2 is 1.23 bits per heavy atom. The predicted molar refractivity (Wildman–Crippen MR) is 86.8 cm³/mol. The van der Waals surface area contributed by atoms with Crippen molar-refractivity contribution in [3.8, 4) is 0 Å². The zero-order valence-electron chi connectivity index (χ0n) is 13.3. The van der Waals surface area contributed by atoms with Crippen LogP contribution in [0.1, 0.15) is 43.0 Å². The van der Waals surface area contributed by atoms with Gasteiger partial charge < -0.3 is 0 Å². The summed E-state index contributed by atoms with van der Waals surface area (Å²) in [7, 11) is 0. The first-order valence-electron chi connectivity index (χ1n) is 7.13. The molecule has 4 nitrogen and oxygen atoms in total. The third-order valence-electron chi connectivity index (χ3n) is 3.55. The number of amides is 2. The van der Waals surface area contributed by atoms with Crippen LogP contribution in [0, 0.1) is 27.7 Å². The van der Waals surface area contributed by atoms with E-state index in [4.69, 9.17) is 0 Å². The fraction of sp³-hybridized carbons (Fsp3) is 0.222. The molecular formula is C18H20N2O2. The molecule has 2 N–H and O–H groups in total. The van der Waals surface area contributed by atoms with Gasteiger partial charge in [-0.05, 0) is 51.0 Å². The highest BCUT2D eigenvalue weighted by Gasteiger charge is 2.12. The van der Waals surface area contributed by atoms with Crippen molar-refractivity contribution < 1.29 is 9.59 Å². The lowest BCUT2D eigenvalue weighted by atomic mass is 10.1. The fourth-order valence-electron chi connectivity index (χ4n) is 2.30. The van der Waals surface area contributed by atoms with Crippen LogP contribution in [0.25, 0.3) is 0 Å². The molecule has 0 fully saturated rings. The molecule has 0 saturated carbocycles. The number of hydrogen-bond acceptors (Lipinski definition) is 2. The van der Waals surface area contributed by atoms with Crippen molar-refractivity contribution in [2.75, 3.05) is 0 Å². The summed E-state index contributed by atoms with van der Waals surface area (Å²) in [6.07, 6.45) is 0. The van der Waals surface area contributed by atoms with Gasteiger partial charge in [0.05, 0.1) is 0 Å². The molecule has 0 aliphatic heterocycles. The van der Waals surface area contributed by atoms with E-state index in [9.17, 15) is 9.59 Å². The van der Waals surface area contributed by atoms with Gasteiger partial charge in [0.15, 0.2) is 0 Å². The van der Waals surface area contributed by atoms with Crippen LogP contribution < -0.4 is 10.9 Å². The summed E-state index contributed by atoms with van der Waals surface area (Å²) in [5.74, 6) is -0.643. The van der Waals surface area contributed by atoms with Gasteiger partial charge in [0, 0.05) is 11.1 Å². The monoisotopic (exact) mass is 296 g/mol. The van der Waals surface area contributed by atoms with Crippen LogP contribution in [0.15, 0.2) is 36.4 Å². The minimum atomic E-state index is -0.323. The number of nitrogens with one attached hydrogen (secondary N) is 2. The van der Waals surface area contributed by atoms with Crippen LogP contribution in [-0.4, -0.2) is 11.8 Å². The molecular weight excluding hydrogens is 276 g/mol. The summed E-state index contributed by atoms with van der Waals surface area (Å²) >= 11 is 0. The molecule has 0 aliphatic rings. The van der Waals surface area contributed by atoms with Gasteiger partial charge in [0.2, 0.25) is 0 Å². The Balaban J connectivity index is 2.07. The van der Waals surface area contributed by atoms with Gasteiger partial charge in [0.1, 0.15) is 0 Å². The third-order valence-corrected chi connectivity index (χ3v) is 3.55. The summed E-state index contributed by atoms with van der Waals surface area (Å²) in [6.45, 7) is 7.62. The Bertz CT molecular complexity index is 736. The molecule has 2 amide bonds. The van der Waals surface area contributed by atoms with E-state index in [1.807, 2.05) is 52.0 Å². The fourth-order valence-corrected chi connectivity index (χ4v) is 2.30. The summed E-state index contributed by atoms with van der Waals surface area (Å²) < 4.78 is 0. The summed E-state index contributed by atoms with van der Waals surface area (Å²) in [6, 6.07) is 11.2. The Morgan fingerprint density at radius 3 is 1.86 bits per heavy atom. The molecule has 0 spiro atoms. The average Bonchev–Trinajstić information content (AvgIpc) is 2.47. The second-order valence-electron chi connectivity index (χ2n) is 5.54. The van der Waals surface area contributed by atoms with E-state index in [0.29, 0.717) is 11.1 Å². The second-order valence-corrected chi connectivity index (χ2v) is 5.54. The van der Waals surface area contributed by atoms with Crippen molar-refractivity contribution in [1.82, 2.24) is 10.9 Å². The Morgan fingerprint density at radius 1 is 0.682 bits per heavy atom. The highest BCUT2D eigenvalue weighted by Crippen LogP contribution is 2.11. The van der Waals surface area contributed by atoms with Crippen LogP contribution in [0.5, 0.6) is 0 Å². The Labute approximate surface area is 130 Å². The summed E-state index contributed by atoms with van der Waals surface area (Å²) in [5, 5.41) is 0. The molecule has 2 aromatic carbocycles. The first-order valence-corrected chi connectivity index (χ1v) is 7.13. The average molecular weight is 296 g/mol. The normalized spacial score (nSPS) is 10.2. The number of carbonyl (C=O) groups is 2. The highest BCUT2D eigenvalue weighted by molar-refractivity contribution is 6.00. The van der Waals surface area contributed by atoms with Crippen LogP contribution in [0.2, 0.25) is 0 Å². The lowest BCUT2D eigenvalue weighted by molar-refractivity contribution is 0.0846. The lowest BCUT2D eigenvalue weighted by Gasteiger charge is -2.11. The molecule has 0 saturated heterocycles. The third kappa shape index (κ3) is 3.52. The van der Waals surface area contributed by atoms with Crippen molar-refractivity contribution in [3.05, 3.63) is 69.8 Å². The van der Waals surface area contributed by atoms with E-state index < -0.39 is 0 Å². The predicted octanol–water partition coefficient (Wildman–Crippen LogP) is 3.00. The molecule has 22 heavy (non-hydrogen) atoms. The van der Waals surface area contributed by atoms with Crippen LogP contribution in [0.4, 0.5) is 0 Å². The number of hydrogen-bond donors (Lipinski definition) is 2. The molecule has 0 heterocycles. The van der Waals surface area contributed by atoms with Crippen molar-refractivity contribution in [2.24, 2.45) is 0 Å². The zero-order valence-corrected chi connectivity index (χ0v) is 13.3. The van der Waals surface area contributed by atoms with Gasteiger partial charge in [-0.3, -0.25) is 20.4 Å². The van der Waals surface area contributed by atoms with Crippen LogP contribution in [0.3, 0.4) is 0 Å². The molecule has 4 heteroatoms. The van der Waals surface area contributed by atoms with E-state index in [1.54, 1.807) is 12.1 Å². The van der Waals surface area contributed by atoms with Crippen molar-refractivity contribution in [3.63, 3.8) is 0 Å². The molecule has 0 unspecified atom stereocenters. The molecule has 0 atom stereocenters. The molecule has 2 rings (SSSR count). The maximum atomic E-state index is 12.2. The number of aryl methyl sites for hydroxylation is 4. The SMILES string of the molecule is Cc1ccc(C(=O)NNC(=O)c2cc(C)ccc2C)c(C)c1. The smallest absolute Gasteiger partial charge is 0.267 e. The van der Waals surface area contributed by atoms with Gasteiger partial charge in [-0.25, -0.2) is 0 Å². The Hall–Kier alpha value is -2.62. The quantitative estimate of drug-likeness (QED) is 0.837. The van der Waals surface area contributed by atoms with Gasteiger partial charge in [-0.1, -0.05) is 35.4 Å². The maximum Gasteiger partial charge on any atom is 0.269 e. The van der Waals surface area contributed by atoms with Crippen molar-refractivity contribution >= 4 is 11.8 Å². The van der Waals surface area contributed by atoms with Gasteiger partial charge in [-0.15, -0.1) is 0 Å². The van der Waals surface area contributed by atoms with E-state index in [1.165, 1.54) is 0 Å². The molecule has 0 aromatic heterocycles. The van der Waals surface area contributed by atoms with E-state index in [0.717, 1.165) is 22.3 Å². The topological polar surface area (TPSA) is 58.2 Å². The summed E-state index contributed by atoms with van der Waals surface area (Å²) in [4.78, 5) is 24.3. The number of rotatable bonds is 2. The summed E-state index contributed by atoms with van der Waals surface area (Å²) in [5.41, 5.74) is 9.86. The second kappa shape index (κ2) is 6.43. The highest BCUT2D eigenvalue weighted by atomic mass is 16.2. The van der Waals surface area contributed by atoms with Crippen LogP contribution >= 0.6 is 0 Å². The lowest BCUT2D eigenvalue weighted by Crippen LogP contribution is -2.42. The number of carbonyl (C=O) groups excluding carboxylic acids is 2. The minimum absolute atomic E-state index is 0.320. The first kappa shape index (κ1) is 15.8. The van der Waals surface area contributed by atoms with E-state index in [-0.39, 0.29) is 11.8 Å². The zero-order chi connectivity index (χ0) is 16.3. The first-order chi connectivity index (χ1) is 10.4.